The van der Waals surface area contributed by atoms with Gasteiger partial charge in [0.15, 0.2) is 0 Å². The minimum Gasteiger partial charge on any atom is -0.497 e. The van der Waals surface area contributed by atoms with Crippen LogP contribution in [0.15, 0.2) is 84.9 Å². The lowest BCUT2D eigenvalue weighted by molar-refractivity contribution is -0.123. The van der Waals surface area contributed by atoms with Crippen LogP contribution < -0.4 is 9.64 Å². The molecule has 2 fully saturated rings. The molecule has 4 atom stereocenters. The van der Waals surface area contributed by atoms with Gasteiger partial charge in [0, 0.05) is 0 Å². The molecule has 3 aliphatic rings. The summed E-state index contributed by atoms with van der Waals surface area (Å²) in [5, 5.41) is 0. The SMILES string of the molecule is COc1ccc(N2C(=O)[C@@H]3[C@@H](C2=O)[C@@H]2C[C@@H]3C(c3ccccc3)=C2c2ccccc2)cc1. The second-order valence-corrected chi connectivity index (χ2v) is 8.77. The Morgan fingerprint density at radius 2 is 1.16 bits per heavy atom. The summed E-state index contributed by atoms with van der Waals surface area (Å²) in [5.74, 6) is 0.0862. The van der Waals surface area contributed by atoms with Crippen LogP contribution in [0.25, 0.3) is 11.1 Å². The number of hydrogen-bond acceptors (Lipinski definition) is 3. The van der Waals surface area contributed by atoms with E-state index in [1.807, 2.05) is 36.4 Å². The lowest BCUT2D eigenvalue weighted by Gasteiger charge is -2.27. The van der Waals surface area contributed by atoms with Gasteiger partial charge >= 0.3 is 0 Å². The van der Waals surface area contributed by atoms with Gasteiger partial charge in [-0.1, -0.05) is 60.7 Å². The van der Waals surface area contributed by atoms with Gasteiger partial charge in [0.05, 0.1) is 24.6 Å². The summed E-state index contributed by atoms with van der Waals surface area (Å²) in [6.45, 7) is 0. The normalized spacial score (nSPS) is 26.1. The molecular formula is C28H23NO3. The van der Waals surface area contributed by atoms with Gasteiger partial charge in [-0.2, -0.15) is 0 Å². The first-order valence-corrected chi connectivity index (χ1v) is 11.1. The Kier molecular flexibility index (Phi) is 4.29. The molecule has 0 spiro atoms. The van der Waals surface area contributed by atoms with E-state index in [9.17, 15) is 9.59 Å². The number of imide groups is 1. The second kappa shape index (κ2) is 7.20. The highest BCUT2D eigenvalue weighted by Gasteiger charge is 2.64. The molecule has 1 aliphatic heterocycles. The summed E-state index contributed by atoms with van der Waals surface area (Å²) in [7, 11) is 1.60. The molecule has 158 valence electrons. The Hall–Kier alpha value is -3.66. The van der Waals surface area contributed by atoms with Crippen LogP contribution in [-0.4, -0.2) is 18.9 Å². The molecule has 3 aromatic carbocycles. The number of ether oxygens (including phenoxy) is 1. The zero-order valence-corrected chi connectivity index (χ0v) is 17.8. The number of allylic oxidation sites excluding steroid dienone is 2. The van der Waals surface area contributed by atoms with Gasteiger partial charge in [-0.15, -0.1) is 0 Å². The van der Waals surface area contributed by atoms with Crippen LogP contribution in [0.2, 0.25) is 0 Å². The number of carbonyl (C=O) groups excluding carboxylic acids is 2. The monoisotopic (exact) mass is 421 g/mol. The van der Waals surface area contributed by atoms with Crippen molar-refractivity contribution in [1.29, 1.82) is 0 Å². The fourth-order valence-electron chi connectivity index (χ4n) is 6.08. The van der Waals surface area contributed by atoms with Gasteiger partial charge in [-0.25, -0.2) is 0 Å². The molecule has 0 N–H and O–H groups in total. The average molecular weight is 421 g/mol. The Balaban J connectivity index is 1.46. The van der Waals surface area contributed by atoms with Gasteiger partial charge in [0.2, 0.25) is 11.8 Å². The summed E-state index contributed by atoms with van der Waals surface area (Å²) < 4.78 is 5.24. The number of nitrogens with zero attached hydrogens (tertiary/aromatic N) is 1. The molecule has 2 amide bonds. The van der Waals surface area contributed by atoms with E-state index in [4.69, 9.17) is 4.74 Å². The zero-order valence-electron chi connectivity index (χ0n) is 17.8. The topological polar surface area (TPSA) is 46.6 Å². The lowest BCUT2D eigenvalue weighted by atomic mass is 9.73. The van der Waals surface area contributed by atoms with Crippen LogP contribution in [-0.2, 0) is 9.59 Å². The number of fused-ring (bicyclic) bond motifs is 5. The van der Waals surface area contributed by atoms with Crippen LogP contribution in [0.4, 0.5) is 5.69 Å². The molecule has 1 saturated heterocycles. The predicted molar refractivity (Wildman–Crippen MR) is 124 cm³/mol. The third kappa shape index (κ3) is 2.62. The number of hydrogen-bond donors (Lipinski definition) is 0. The molecule has 32 heavy (non-hydrogen) atoms. The smallest absolute Gasteiger partial charge is 0.238 e. The van der Waals surface area contributed by atoms with Crippen molar-refractivity contribution in [2.24, 2.45) is 23.7 Å². The Bertz CT molecular complexity index is 1160. The maximum absolute atomic E-state index is 13.6. The molecule has 2 bridgehead atoms. The highest BCUT2D eigenvalue weighted by atomic mass is 16.5. The molecule has 1 saturated carbocycles. The van der Waals surface area contributed by atoms with Crippen molar-refractivity contribution in [3.8, 4) is 5.75 Å². The molecule has 0 aromatic heterocycles. The summed E-state index contributed by atoms with van der Waals surface area (Å²) in [6, 6.07) is 27.8. The van der Waals surface area contributed by atoms with Gasteiger partial charge in [0.1, 0.15) is 5.75 Å². The largest absolute Gasteiger partial charge is 0.497 e. The van der Waals surface area contributed by atoms with E-state index < -0.39 is 0 Å². The van der Waals surface area contributed by atoms with Gasteiger partial charge < -0.3 is 4.74 Å². The van der Waals surface area contributed by atoms with Crippen molar-refractivity contribution in [1.82, 2.24) is 0 Å². The van der Waals surface area contributed by atoms with Crippen molar-refractivity contribution in [2.75, 3.05) is 12.0 Å². The van der Waals surface area contributed by atoms with Crippen LogP contribution >= 0.6 is 0 Å². The first-order chi connectivity index (χ1) is 15.7. The van der Waals surface area contributed by atoms with Crippen molar-refractivity contribution in [3.05, 3.63) is 96.1 Å². The van der Waals surface area contributed by atoms with Crippen LogP contribution in [0, 0.1) is 23.7 Å². The molecular weight excluding hydrogens is 398 g/mol. The lowest BCUT2D eigenvalue weighted by Crippen LogP contribution is -2.32. The number of carbonyl (C=O) groups is 2. The third-order valence-corrected chi connectivity index (χ3v) is 7.30. The molecule has 4 nitrogen and oxygen atoms in total. The fourth-order valence-corrected chi connectivity index (χ4v) is 6.08. The van der Waals surface area contributed by atoms with Gasteiger partial charge in [0.25, 0.3) is 0 Å². The van der Waals surface area contributed by atoms with E-state index in [1.165, 1.54) is 16.0 Å². The molecule has 2 aliphatic carbocycles. The summed E-state index contributed by atoms with van der Waals surface area (Å²) in [5.41, 5.74) is 5.40. The number of methoxy groups -OCH3 is 1. The van der Waals surface area contributed by atoms with Crippen LogP contribution in [0.3, 0.4) is 0 Å². The quantitative estimate of drug-likeness (QED) is 0.553. The summed E-state index contributed by atoms with van der Waals surface area (Å²) >= 11 is 0. The molecule has 0 unspecified atom stereocenters. The standard InChI is InChI=1S/C28H23NO3/c1-32-20-14-12-19(13-15-20)29-27(30)25-21-16-22(26(25)28(29)31)24(18-10-6-3-7-11-18)23(21)17-8-4-2-5-9-17/h2-15,21-22,25-26H,16H2,1H3/t21-,22-,25+,26+/m1/s1. The number of rotatable bonds is 4. The Labute approximate surface area is 187 Å². The van der Waals surface area contributed by atoms with E-state index in [2.05, 4.69) is 24.3 Å². The summed E-state index contributed by atoms with van der Waals surface area (Å²) in [4.78, 5) is 28.6. The zero-order chi connectivity index (χ0) is 21.8. The van der Waals surface area contributed by atoms with Gasteiger partial charge in [-0.05, 0) is 64.8 Å². The summed E-state index contributed by atoms with van der Waals surface area (Å²) in [6.07, 6.45) is 0.859. The minimum absolute atomic E-state index is 0.0577. The number of benzene rings is 3. The number of amides is 2. The van der Waals surface area contributed by atoms with E-state index in [-0.39, 0.29) is 35.5 Å². The van der Waals surface area contributed by atoms with Crippen LogP contribution in [0.1, 0.15) is 17.5 Å². The highest BCUT2D eigenvalue weighted by Crippen LogP contribution is 2.63. The first-order valence-electron chi connectivity index (χ1n) is 11.1. The van der Waals surface area contributed by atoms with Crippen molar-refractivity contribution in [3.63, 3.8) is 0 Å². The maximum atomic E-state index is 13.6. The molecule has 3 aromatic rings. The van der Waals surface area contributed by atoms with E-state index >= 15 is 0 Å². The van der Waals surface area contributed by atoms with E-state index in [1.54, 1.807) is 31.4 Å². The molecule has 6 rings (SSSR count). The highest BCUT2D eigenvalue weighted by molar-refractivity contribution is 6.24. The van der Waals surface area contributed by atoms with Crippen LogP contribution in [0.5, 0.6) is 5.75 Å². The maximum Gasteiger partial charge on any atom is 0.238 e. The average Bonchev–Trinajstić information content (AvgIpc) is 3.49. The first kappa shape index (κ1) is 19.1. The Morgan fingerprint density at radius 3 is 1.59 bits per heavy atom. The van der Waals surface area contributed by atoms with E-state index in [0.29, 0.717) is 11.4 Å². The number of anilines is 1. The van der Waals surface area contributed by atoms with Crippen molar-refractivity contribution >= 4 is 28.6 Å². The van der Waals surface area contributed by atoms with E-state index in [0.717, 1.165) is 17.5 Å². The van der Waals surface area contributed by atoms with Crippen molar-refractivity contribution in [2.45, 2.75) is 6.42 Å². The third-order valence-electron chi connectivity index (χ3n) is 7.30. The second-order valence-electron chi connectivity index (χ2n) is 8.77. The minimum atomic E-state index is -0.294. The molecule has 4 heteroatoms. The fraction of sp³-hybridized carbons (Fsp3) is 0.214. The van der Waals surface area contributed by atoms with Gasteiger partial charge in [-0.3, -0.25) is 14.5 Å². The Morgan fingerprint density at radius 1 is 0.688 bits per heavy atom. The molecule has 1 heterocycles. The van der Waals surface area contributed by atoms with Crippen molar-refractivity contribution < 1.29 is 14.3 Å². The molecule has 0 radical (unpaired) electrons. The predicted octanol–water partition coefficient (Wildman–Crippen LogP) is 5.06.